The van der Waals surface area contributed by atoms with E-state index in [1.54, 1.807) is 6.26 Å². The second-order valence-electron chi connectivity index (χ2n) is 6.41. The Kier molecular flexibility index (Phi) is 2.19. The number of rotatable bonds is 0. The predicted molar refractivity (Wildman–Crippen MR) is 66.9 cm³/mol. The quantitative estimate of drug-likeness (QED) is 0.628. The van der Waals surface area contributed by atoms with Gasteiger partial charge in [0.15, 0.2) is 0 Å². The number of allylic oxidation sites excluding steroid dienone is 1. The van der Waals surface area contributed by atoms with Crippen molar-refractivity contribution in [1.82, 2.24) is 0 Å². The lowest BCUT2D eigenvalue weighted by Crippen LogP contribution is -2.49. The van der Waals surface area contributed by atoms with Crippen molar-refractivity contribution in [3.05, 3.63) is 24.2 Å². The third-order valence-electron chi connectivity index (χ3n) is 5.24. The maximum atomic E-state index is 12.1. The molecule has 0 unspecified atom stereocenters. The average Bonchev–Trinajstić information content (AvgIpc) is 2.76. The van der Waals surface area contributed by atoms with E-state index in [1.807, 2.05) is 13.0 Å². The Morgan fingerprint density at radius 2 is 2.10 bits per heavy atom. The Hall–Kier alpha value is -1.78. The fourth-order valence-electron chi connectivity index (χ4n) is 4.24. The van der Waals surface area contributed by atoms with Gasteiger partial charge in [0.05, 0.1) is 17.8 Å². The maximum Gasteiger partial charge on any atom is 0.337 e. The third-order valence-corrected chi connectivity index (χ3v) is 5.24. The van der Waals surface area contributed by atoms with Crippen molar-refractivity contribution in [2.45, 2.75) is 32.5 Å². The van der Waals surface area contributed by atoms with E-state index in [1.165, 1.54) is 6.26 Å². The Balaban J connectivity index is 1.84. The summed E-state index contributed by atoms with van der Waals surface area (Å²) in [6, 6.07) is 0. The average molecular weight is 276 g/mol. The van der Waals surface area contributed by atoms with Gasteiger partial charge in [-0.2, -0.15) is 0 Å². The van der Waals surface area contributed by atoms with Gasteiger partial charge < -0.3 is 14.2 Å². The molecule has 5 heteroatoms. The van der Waals surface area contributed by atoms with Gasteiger partial charge in [0.25, 0.3) is 0 Å². The smallest absolute Gasteiger partial charge is 0.337 e. The second kappa shape index (κ2) is 3.65. The number of hydrogen-bond acceptors (Lipinski definition) is 5. The molecule has 0 amide bonds. The number of ether oxygens (including phenoxy) is 3. The third kappa shape index (κ3) is 1.33. The van der Waals surface area contributed by atoms with Crippen LogP contribution >= 0.6 is 0 Å². The Morgan fingerprint density at radius 1 is 1.30 bits per heavy atom. The lowest BCUT2D eigenvalue weighted by Gasteiger charge is -2.44. The van der Waals surface area contributed by atoms with Crippen molar-refractivity contribution < 1.29 is 23.8 Å². The van der Waals surface area contributed by atoms with Gasteiger partial charge in [-0.05, 0) is 12.5 Å². The van der Waals surface area contributed by atoms with Crippen LogP contribution in [0.25, 0.3) is 0 Å². The topological polar surface area (TPSA) is 61.8 Å². The number of carbonyl (C=O) groups is 2. The predicted octanol–water partition coefficient (Wildman–Crippen LogP) is 1.54. The fourth-order valence-corrected chi connectivity index (χ4v) is 4.24. The van der Waals surface area contributed by atoms with Crippen LogP contribution in [0.2, 0.25) is 0 Å². The molecule has 2 saturated heterocycles. The summed E-state index contributed by atoms with van der Waals surface area (Å²) in [7, 11) is 0. The van der Waals surface area contributed by atoms with Crippen molar-refractivity contribution in [2.24, 2.45) is 23.2 Å². The molecule has 0 aromatic carbocycles. The van der Waals surface area contributed by atoms with Gasteiger partial charge >= 0.3 is 11.9 Å². The first-order valence-electron chi connectivity index (χ1n) is 6.96. The van der Waals surface area contributed by atoms with E-state index in [-0.39, 0.29) is 47.3 Å². The van der Waals surface area contributed by atoms with E-state index in [4.69, 9.17) is 14.2 Å². The zero-order valence-corrected chi connectivity index (χ0v) is 11.4. The molecule has 0 aromatic rings. The summed E-state index contributed by atoms with van der Waals surface area (Å²) >= 11 is 0. The number of esters is 2. The monoisotopic (exact) mass is 276 g/mol. The van der Waals surface area contributed by atoms with Crippen LogP contribution in [0.15, 0.2) is 24.2 Å². The molecule has 3 aliphatic heterocycles. The van der Waals surface area contributed by atoms with Crippen LogP contribution in [-0.4, -0.2) is 24.1 Å². The Bertz CT molecular complexity index is 563. The van der Waals surface area contributed by atoms with E-state index < -0.39 is 0 Å². The normalized spacial score (nSPS) is 48.5. The van der Waals surface area contributed by atoms with Crippen molar-refractivity contribution in [2.75, 3.05) is 0 Å². The van der Waals surface area contributed by atoms with Gasteiger partial charge in [-0.1, -0.05) is 13.8 Å². The highest BCUT2D eigenvalue weighted by molar-refractivity contribution is 5.92. The van der Waals surface area contributed by atoms with Gasteiger partial charge in [-0.25, -0.2) is 4.79 Å². The fraction of sp³-hybridized carbons (Fsp3) is 0.600. The van der Waals surface area contributed by atoms with Gasteiger partial charge in [0.1, 0.15) is 18.5 Å². The molecule has 6 atom stereocenters. The SMILES string of the molecule is C[C@H]1C(=O)O[C@H]2C[C@@]3(C)C=COC=C4C(=O)O[C@@H]([C@@H]21)[C@H]43. The Labute approximate surface area is 116 Å². The second-order valence-corrected chi connectivity index (χ2v) is 6.41. The summed E-state index contributed by atoms with van der Waals surface area (Å²) in [5, 5.41) is 0. The van der Waals surface area contributed by atoms with Crippen molar-refractivity contribution in [1.29, 1.82) is 0 Å². The highest BCUT2D eigenvalue weighted by Gasteiger charge is 2.63. The summed E-state index contributed by atoms with van der Waals surface area (Å²) in [5.74, 6) is -0.861. The first-order chi connectivity index (χ1) is 9.51. The van der Waals surface area contributed by atoms with Crippen LogP contribution in [0, 0.1) is 23.2 Å². The van der Waals surface area contributed by atoms with Gasteiger partial charge in [-0.3, -0.25) is 4.79 Å². The number of hydrogen-bond donors (Lipinski definition) is 0. The molecule has 5 nitrogen and oxygen atoms in total. The summed E-state index contributed by atoms with van der Waals surface area (Å²) in [6.45, 7) is 3.92. The summed E-state index contributed by atoms with van der Waals surface area (Å²) < 4.78 is 16.3. The first-order valence-corrected chi connectivity index (χ1v) is 6.96. The summed E-state index contributed by atoms with van der Waals surface area (Å²) in [4.78, 5) is 24.0. The molecule has 4 aliphatic rings. The first kappa shape index (κ1) is 12.0. The lowest BCUT2D eigenvalue weighted by molar-refractivity contribution is -0.148. The van der Waals surface area contributed by atoms with E-state index in [0.717, 1.165) is 0 Å². The van der Waals surface area contributed by atoms with E-state index in [0.29, 0.717) is 12.0 Å². The molecular formula is C15H16O5. The zero-order chi connectivity index (χ0) is 14.1. The number of fused-ring (bicyclic) bond motifs is 2. The molecule has 1 aliphatic carbocycles. The molecule has 0 N–H and O–H groups in total. The lowest BCUT2D eigenvalue weighted by atomic mass is 9.59. The van der Waals surface area contributed by atoms with E-state index >= 15 is 0 Å². The van der Waals surface area contributed by atoms with Gasteiger partial charge in [0, 0.05) is 17.3 Å². The highest BCUT2D eigenvalue weighted by atomic mass is 16.6. The van der Waals surface area contributed by atoms with Crippen LogP contribution in [0.5, 0.6) is 0 Å². The van der Waals surface area contributed by atoms with Crippen LogP contribution < -0.4 is 0 Å². The van der Waals surface area contributed by atoms with Gasteiger partial charge in [-0.15, -0.1) is 0 Å². The van der Waals surface area contributed by atoms with Crippen LogP contribution in [0.3, 0.4) is 0 Å². The van der Waals surface area contributed by atoms with Crippen molar-refractivity contribution >= 4 is 11.9 Å². The Morgan fingerprint density at radius 3 is 2.90 bits per heavy atom. The molecule has 0 bridgehead atoms. The maximum absolute atomic E-state index is 12.1. The standard InChI is InChI=1S/C15H16O5/c1-7-10-9(19-13(7)16)5-15(2)3-4-18-6-8-11(15)12(10)20-14(8)17/h3-4,6-7,9-12H,5H2,1-2H3/t7-,9+,10-,11+,12+,15-/m1/s1. The molecular weight excluding hydrogens is 260 g/mol. The van der Waals surface area contributed by atoms with Crippen molar-refractivity contribution in [3.8, 4) is 0 Å². The highest BCUT2D eigenvalue weighted by Crippen LogP contribution is 2.57. The minimum atomic E-state index is -0.331. The van der Waals surface area contributed by atoms with Crippen LogP contribution in [0.4, 0.5) is 0 Å². The molecule has 0 spiro atoms. The van der Waals surface area contributed by atoms with Gasteiger partial charge in [0.2, 0.25) is 0 Å². The molecule has 3 fully saturated rings. The minimum absolute atomic E-state index is 0.0538. The zero-order valence-electron chi connectivity index (χ0n) is 11.4. The van der Waals surface area contributed by atoms with Crippen LogP contribution in [0.1, 0.15) is 20.3 Å². The molecule has 106 valence electrons. The van der Waals surface area contributed by atoms with E-state index in [9.17, 15) is 9.59 Å². The minimum Gasteiger partial charge on any atom is -0.472 e. The van der Waals surface area contributed by atoms with Crippen molar-refractivity contribution in [3.63, 3.8) is 0 Å². The molecule has 4 rings (SSSR count). The number of carbonyl (C=O) groups excluding carboxylic acids is 2. The summed E-state index contributed by atoms with van der Waals surface area (Å²) in [5.41, 5.74) is 0.289. The molecule has 3 heterocycles. The molecule has 1 saturated carbocycles. The largest absolute Gasteiger partial charge is 0.472 e. The molecule has 0 aromatic heterocycles. The summed E-state index contributed by atoms with van der Waals surface area (Å²) in [6.07, 6.45) is 5.27. The van der Waals surface area contributed by atoms with E-state index in [2.05, 4.69) is 6.92 Å². The van der Waals surface area contributed by atoms with Crippen LogP contribution in [-0.2, 0) is 23.8 Å². The molecule has 20 heavy (non-hydrogen) atoms. The molecule has 0 radical (unpaired) electrons.